The molecule has 0 spiro atoms. The number of halogens is 2. The molecule has 86 valence electrons. The minimum atomic E-state index is -0.606. The molecule has 0 aliphatic heterocycles. The first-order valence-corrected chi connectivity index (χ1v) is 5.30. The summed E-state index contributed by atoms with van der Waals surface area (Å²) in [4.78, 5) is 10.9. The van der Waals surface area contributed by atoms with Crippen molar-refractivity contribution in [1.29, 1.82) is 0 Å². The number of primary amides is 1. The van der Waals surface area contributed by atoms with Crippen LogP contribution >= 0.6 is 0 Å². The zero-order valence-electron chi connectivity index (χ0n) is 8.75. The van der Waals surface area contributed by atoms with Crippen molar-refractivity contribution in [2.24, 2.45) is 11.7 Å². The molecule has 0 heterocycles. The number of carbonyl (C=O) groups excluding carboxylic acids is 1. The lowest BCUT2D eigenvalue weighted by molar-refractivity contribution is -0.118. The fraction of sp³-hybridized carbons (Fsp3) is 0.417. The minimum Gasteiger partial charge on any atom is -0.370 e. The molecule has 2 N–H and O–H groups in total. The Morgan fingerprint density at radius 3 is 2.31 bits per heavy atom. The highest BCUT2D eigenvalue weighted by molar-refractivity contribution is 5.74. The highest BCUT2D eigenvalue weighted by Crippen LogP contribution is 2.44. The fourth-order valence-electron chi connectivity index (χ4n) is 2.06. The van der Waals surface area contributed by atoms with Crippen molar-refractivity contribution in [2.75, 3.05) is 0 Å². The molecule has 0 radical (unpaired) electrons. The largest absolute Gasteiger partial charge is 0.370 e. The summed E-state index contributed by atoms with van der Waals surface area (Å²) in [5, 5.41) is 0. The van der Waals surface area contributed by atoms with Crippen LogP contribution in [-0.2, 0) is 4.79 Å². The number of hydrogen-bond donors (Lipinski definition) is 1. The number of rotatable bonds is 4. The summed E-state index contributed by atoms with van der Waals surface area (Å²) in [5.74, 6) is -1.44. The third-order valence-corrected chi connectivity index (χ3v) is 2.93. The van der Waals surface area contributed by atoms with Crippen molar-refractivity contribution in [3.63, 3.8) is 0 Å². The lowest BCUT2D eigenvalue weighted by atomic mass is 9.90. The van der Waals surface area contributed by atoms with Gasteiger partial charge in [0.15, 0.2) is 0 Å². The molecule has 1 atom stereocenters. The van der Waals surface area contributed by atoms with Crippen molar-refractivity contribution < 1.29 is 13.6 Å². The van der Waals surface area contributed by atoms with Gasteiger partial charge in [-0.25, -0.2) is 8.78 Å². The fourth-order valence-corrected chi connectivity index (χ4v) is 2.06. The monoisotopic (exact) mass is 225 g/mol. The minimum absolute atomic E-state index is 0.136. The standard InChI is InChI=1S/C12H13F2NO/c13-9-3-8(4-10(14)5-9)11(6-12(15)16)7-1-2-7/h3-5,7,11H,1-2,6H2,(H2,15,16). The normalized spacial score (nSPS) is 17.1. The van der Waals surface area contributed by atoms with Gasteiger partial charge in [-0.05, 0) is 42.4 Å². The van der Waals surface area contributed by atoms with Gasteiger partial charge in [-0.3, -0.25) is 4.79 Å². The zero-order chi connectivity index (χ0) is 11.7. The zero-order valence-corrected chi connectivity index (χ0v) is 8.75. The Morgan fingerprint density at radius 2 is 1.88 bits per heavy atom. The van der Waals surface area contributed by atoms with Gasteiger partial charge in [0.25, 0.3) is 0 Å². The predicted molar refractivity (Wildman–Crippen MR) is 55.6 cm³/mol. The van der Waals surface area contributed by atoms with Gasteiger partial charge in [-0.15, -0.1) is 0 Å². The summed E-state index contributed by atoms with van der Waals surface area (Å²) in [6.07, 6.45) is 2.15. The molecule has 1 fully saturated rings. The molecule has 0 bridgehead atoms. The van der Waals surface area contributed by atoms with Crippen molar-refractivity contribution in [3.8, 4) is 0 Å². The van der Waals surface area contributed by atoms with E-state index in [4.69, 9.17) is 5.73 Å². The second kappa shape index (κ2) is 4.20. The molecule has 2 nitrogen and oxygen atoms in total. The van der Waals surface area contributed by atoms with E-state index in [-0.39, 0.29) is 12.3 Å². The van der Waals surface area contributed by atoms with E-state index in [2.05, 4.69) is 0 Å². The molecule has 1 saturated carbocycles. The van der Waals surface area contributed by atoms with Crippen molar-refractivity contribution in [1.82, 2.24) is 0 Å². The molecule has 1 unspecified atom stereocenters. The van der Waals surface area contributed by atoms with E-state index in [1.54, 1.807) is 0 Å². The van der Waals surface area contributed by atoms with Crippen molar-refractivity contribution in [3.05, 3.63) is 35.4 Å². The maximum absolute atomic E-state index is 13.1. The molecule has 2 rings (SSSR count). The second-order valence-corrected chi connectivity index (χ2v) is 4.32. The lowest BCUT2D eigenvalue weighted by Crippen LogP contribution is -2.16. The summed E-state index contributed by atoms with van der Waals surface area (Å²) < 4.78 is 26.1. The average Bonchev–Trinajstić information content (AvgIpc) is 2.95. The summed E-state index contributed by atoms with van der Waals surface area (Å²) in [6, 6.07) is 3.40. The predicted octanol–water partition coefficient (Wildman–Crippen LogP) is 2.33. The van der Waals surface area contributed by atoms with E-state index < -0.39 is 17.5 Å². The smallest absolute Gasteiger partial charge is 0.218 e. The Labute approximate surface area is 92.4 Å². The van der Waals surface area contributed by atoms with E-state index in [0.29, 0.717) is 11.5 Å². The SMILES string of the molecule is NC(=O)CC(c1cc(F)cc(F)c1)C1CC1. The van der Waals surface area contributed by atoms with Crippen LogP contribution in [0.15, 0.2) is 18.2 Å². The Balaban J connectivity index is 2.26. The van der Waals surface area contributed by atoms with Crippen LogP contribution in [0.25, 0.3) is 0 Å². The van der Waals surface area contributed by atoms with Crippen LogP contribution in [0.5, 0.6) is 0 Å². The topological polar surface area (TPSA) is 43.1 Å². The van der Waals surface area contributed by atoms with Crippen LogP contribution in [0.4, 0.5) is 8.78 Å². The van der Waals surface area contributed by atoms with Gasteiger partial charge < -0.3 is 5.73 Å². The van der Waals surface area contributed by atoms with Gasteiger partial charge in [-0.2, -0.15) is 0 Å². The Bertz CT molecular complexity index is 395. The number of benzene rings is 1. The van der Waals surface area contributed by atoms with Gasteiger partial charge in [0.05, 0.1) is 0 Å². The van der Waals surface area contributed by atoms with Crippen LogP contribution in [0.1, 0.15) is 30.7 Å². The Kier molecular flexibility index (Phi) is 2.90. The Hall–Kier alpha value is -1.45. The second-order valence-electron chi connectivity index (χ2n) is 4.32. The molecule has 1 amide bonds. The molecule has 1 aliphatic carbocycles. The molecule has 16 heavy (non-hydrogen) atoms. The van der Waals surface area contributed by atoms with Crippen LogP contribution < -0.4 is 5.73 Å². The summed E-state index contributed by atoms with van der Waals surface area (Å²) in [5.41, 5.74) is 5.69. The summed E-state index contributed by atoms with van der Waals surface area (Å²) in [7, 11) is 0. The molecule has 1 aliphatic rings. The first-order valence-electron chi connectivity index (χ1n) is 5.30. The highest BCUT2D eigenvalue weighted by atomic mass is 19.1. The lowest BCUT2D eigenvalue weighted by Gasteiger charge is -2.15. The third-order valence-electron chi connectivity index (χ3n) is 2.93. The molecule has 4 heteroatoms. The summed E-state index contributed by atoms with van der Waals surface area (Å²) in [6.45, 7) is 0. The first kappa shape index (κ1) is 11.0. The van der Waals surface area contributed by atoms with Gasteiger partial charge in [-0.1, -0.05) is 0 Å². The number of nitrogens with two attached hydrogens (primary N) is 1. The van der Waals surface area contributed by atoms with Gasteiger partial charge in [0.1, 0.15) is 11.6 Å². The van der Waals surface area contributed by atoms with Gasteiger partial charge in [0.2, 0.25) is 5.91 Å². The van der Waals surface area contributed by atoms with Crippen molar-refractivity contribution in [2.45, 2.75) is 25.2 Å². The third kappa shape index (κ3) is 2.56. The van der Waals surface area contributed by atoms with E-state index in [1.807, 2.05) is 0 Å². The quantitative estimate of drug-likeness (QED) is 0.839. The molecular weight excluding hydrogens is 212 g/mol. The Morgan fingerprint density at radius 1 is 1.31 bits per heavy atom. The maximum Gasteiger partial charge on any atom is 0.218 e. The van der Waals surface area contributed by atoms with E-state index in [9.17, 15) is 13.6 Å². The van der Waals surface area contributed by atoms with Crippen LogP contribution in [0, 0.1) is 17.6 Å². The number of amides is 1. The number of carbonyl (C=O) groups is 1. The maximum atomic E-state index is 13.1. The molecule has 0 saturated heterocycles. The van der Waals surface area contributed by atoms with Crippen LogP contribution in [0.2, 0.25) is 0 Å². The van der Waals surface area contributed by atoms with E-state index in [0.717, 1.165) is 18.9 Å². The highest BCUT2D eigenvalue weighted by Gasteiger charge is 2.33. The van der Waals surface area contributed by atoms with Crippen molar-refractivity contribution >= 4 is 5.91 Å². The van der Waals surface area contributed by atoms with Gasteiger partial charge in [0, 0.05) is 12.5 Å². The first-order chi connectivity index (χ1) is 7.56. The molecule has 1 aromatic carbocycles. The van der Waals surface area contributed by atoms with Crippen LogP contribution in [0.3, 0.4) is 0 Å². The van der Waals surface area contributed by atoms with E-state index >= 15 is 0 Å². The van der Waals surface area contributed by atoms with E-state index in [1.165, 1.54) is 12.1 Å². The average molecular weight is 225 g/mol. The number of hydrogen-bond acceptors (Lipinski definition) is 1. The molecule has 1 aromatic rings. The van der Waals surface area contributed by atoms with Gasteiger partial charge >= 0.3 is 0 Å². The molecule has 0 aromatic heterocycles. The van der Waals surface area contributed by atoms with Crippen LogP contribution in [-0.4, -0.2) is 5.91 Å². The summed E-state index contributed by atoms with van der Waals surface area (Å²) >= 11 is 0. The molecular formula is C12H13F2NO.